The van der Waals surface area contributed by atoms with E-state index in [2.05, 4.69) is 19.1 Å². The van der Waals surface area contributed by atoms with Gasteiger partial charge in [0.05, 0.1) is 6.61 Å². The van der Waals surface area contributed by atoms with Crippen LogP contribution in [0.1, 0.15) is 30.2 Å². The lowest BCUT2D eigenvalue weighted by atomic mass is 10.1. The summed E-state index contributed by atoms with van der Waals surface area (Å²) in [7, 11) is 0. The van der Waals surface area contributed by atoms with E-state index >= 15 is 0 Å². The molecule has 3 rings (SSSR count). The van der Waals surface area contributed by atoms with Gasteiger partial charge in [-0.3, -0.25) is 0 Å². The standard InChI is InChI=1S/C15H17NO2/c1-10-5-6-12-11(8-10)9-14(18-12)15(16)13-4-2-3-7-17-13/h4-6,8-9,15H,2-3,7,16H2,1H3. The third-order valence-electron chi connectivity index (χ3n) is 3.27. The molecular formula is C15H17NO2. The molecule has 0 fully saturated rings. The van der Waals surface area contributed by atoms with Gasteiger partial charge in [-0.15, -0.1) is 0 Å². The highest BCUT2D eigenvalue weighted by molar-refractivity contribution is 5.78. The van der Waals surface area contributed by atoms with Gasteiger partial charge in [0.25, 0.3) is 0 Å². The summed E-state index contributed by atoms with van der Waals surface area (Å²) in [5, 5.41) is 1.09. The van der Waals surface area contributed by atoms with Gasteiger partial charge in [-0.2, -0.15) is 0 Å². The molecule has 2 aromatic rings. The first-order valence-electron chi connectivity index (χ1n) is 6.32. The van der Waals surface area contributed by atoms with Gasteiger partial charge in [-0.05, 0) is 44.0 Å². The molecule has 0 radical (unpaired) electrons. The van der Waals surface area contributed by atoms with E-state index in [4.69, 9.17) is 14.9 Å². The van der Waals surface area contributed by atoms with Gasteiger partial charge in [0.2, 0.25) is 0 Å². The van der Waals surface area contributed by atoms with Crippen molar-refractivity contribution in [2.45, 2.75) is 25.8 Å². The normalized spacial score (nSPS) is 17.3. The maximum absolute atomic E-state index is 6.18. The third-order valence-corrected chi connectivity index (χ3v) is 3.27. The predicted octanol–water partition coefficient (Wildman–Crippen LogP) is 3.44. The Bertz CT molecular complexity index is 598. The summed E-state index contributed by atoms with van der Waals surface area (Å²) in [5.41, 5.74) is 8.28. The fourth-order valence-electron chi connectivity index (χ4n) is 2.27. The summed E-state index contributed by atoms with van der Waals surface area (Å²) in [6.07, 6.45) is 4.16. The molecule has 0 amide bonds. The van der Waals surface area contributed by atoms with Crippen LogP contribution in [-0.4, -0.2) is 6.61 Å². The highest BCUT2D eigenvalue weighted by Crippen LogP contribution is 2.29. The van der Waals surface area contributed by atoms with Gasteiger partial charge in [0.1, 0.15) is 23.1 Å². The Kier molecular flexibility index (Phi) is 2.84. The fraction of sp³-hybridized carbons (Fsp3) is 0.333. The van der Waals surface area contributed by atoms with Crippen molar-refractivity contribution in [3.8, 4) is 0 Å². The SMILES string of the molecule is Cc1ccc2oc(C(N)C3=CCCCO3)cc2c1. The zero-order valence-corrected chi connectivity index (χ0v) is 10.5. The number of ether oxygens (including phenoxy) is 1. The number of furan rings is 1. The largest absolute Gasteiger partial charge is 0.496 e. The molecule has 1 aliphatic rings. The first-order chi connectivity index (χ1) is 8.74. The smallest absolute Gasteiger partial charge is 0.134 e. The molecule has 0 spiro atoms. The summed E-state index contributed by atoms with van der Waals surface area (Å²) in [4.78, 5) is 0. The van der Waals surface area contributed by atoms with Gasteiger partial charge in [-0.25, -0.2) is 0 Å². The molecule has 94 valence electrons. The number of hydrogen-bond donors (Lipinski definition) is 1. The zero-order chi connectivity index (χ0) is 12.5. The van der Waals surface area contributed by atoms with Crippen LogP contribution in [0.25, 0.3) is 11.0 Å². The number of benzene rings is 1. The van der Waals surface area contributed by atoms with Crippen molar-refractivity contribution in [3.05, 3.63) is 47.4 Å². The molecule has 0 saturated carbocycles. The second kappa shape index (κ2) is 4.50. The summed E-state index contributed by atoms with van der Waals surface area (Å²) in [6, 6.07) is 7.84. The van der Waals surface area contributed by atoms with Crippen LogP contribution in [0.3, 0.4) is 0 Å². The molecule has 0 bridgehead atoms. The Labute approximate surface area is 106 Å². The highest BCUT2D eigenvalue weighted by Gasteiger charge is 2.19. The number of rotatable bonds is 2. The minimum absolute atomic E-state index is 0.294. The molecule has 18 heavy (non-hydrogen) atoms. The lowest BCUT2D eigenvalue weighted by Crippen LogP contribution is -2.17. The topological polar surface area (TPSA) is 48.4 Å². The number of hydrogen-bond acceptors (Lipinski definition) is 3. The molecule has 0 saturated heterocycles. The Morgan fingerprint density at radius 1 is 1.28 bits per heavy atom. The minimum atomic E-state index is -0.294. The van der Waals surface area contributed by atoms with Crippen molar-refractivity contribution in [2.24, 2.45) is 5.73 Å². The van der Waals surface area contributed by atoms with Gasteiger partial charge in [0, 0.05) is 5.39 Å². The van der Waals surface area contributed by atoms with Crippen molar-refractivity contribution in [1.29, 1.82) is 0 Å². The molecule has 3 heteroatoms. The van der Waals surface area contributed by atoms with E-state index in [0.29, 0.717) is 0 Å². The number of aryl methyl sites for hydroxylation is 1. The van der Waals surface area contributed by atoms with Crippen LogP contribution in [0.4, 0.5) is 0 Å². The molecule has 1 aromatic carbocycles. The minimum Gasteiger partial charge on any atom is -0.496 e. The lowest BCUT2D eigenvalue weighted by molar-refractivity contribution is 0.171. The van der Waals surface area contributed by atoms with E-state index < -0.39 is 0 Å². The Hall–Kier alpha value is -1.74. The summed E-state index contributed by atoms with van der Waals surface area (Å²) < 4.78 is 11.4. The molecule has 2 N–H and O–H groups in total. The van der Waals surface area contributed by atoms with Crippen molar-refractivity contribution >= 4 is 11.0 Å². The summed E-state index contributed by atoms with van der Waals surface area (Å²) >= 11 is 0. The Morgan fingerprint density at radius 2 is 2.17 bits per heavy atom. The van der Waals surface area contributed by atoms with Crippen LogP contribution in [0, 0.1) is 6.92 Å². The van der Waals surface area contributed by atoms with Crippen LogP contribution in [-0.2, 0) is 4.74 Å². The average Bonchev–Trinajstić information content (AvgIpc) is 2.81. The Morgan fingerprint density at radius 3 is 2.94 bits per heavy atom. The summed E-state index contributed by atoms with van der Waals surface area (Å²) in [5.74, 6) is 1.60. The van der Waals surface area contributed by atoms with Gasteiger partial charge in [-0.1, -0.05) is 11.6 Å². The van der Waals surface area contributed by atoms with Crippen LogP contribution >= 0.6 is 0 Å². The maximum atomic E-state index is 6.18. The zero-order valence-electron chi connectivity index (χ0n) is 10.5. The van der Waals surface area contributed by atoms with E-state index in [0.717, 1.165) is 41.9 Å². The molecular weight excluding hydrogens is 226 g/mol. The summed E-state index contributed by atoms with van der Waals surface area (Å²) in [6.45, 7) is 2.82. The van der Waals surface area contributed by atoms with E-state index in [-0.39, 0.29) is 6.04 Å². The van der Waals surface area contributed by atoms with Crippen LogP contribution in [0.5, 0.6) is 0 Å². The monoisotopic (exact) mass is 243 g/mol. The number of nitrogens with two attached hydrogens (primary N) is 1. The van der Waals surface area contributed by atoms with Gasteiger partial charge >= 0.3 is 0 Å². The quantitative estimate of drug-likeness (QED) is 0.879. The van der Waals surface area contributed by atoms with E-state index in [1.807, 2.05) is 18.2 Å². The lowest BCUT2D eigenvalue weighted by Gasteiger charge is -2.18. The van der Waals surface area contributed by atoms with Crippen molar-refractivity contribution in [3.63, 3.8) is 0 Å². The molecule has 1 unspecified atom stereocenters. The second-order valence-corrected chi connectivity index (χ2v) is 4.76. The van der Waals surface area contributed by atoms with Gasteiger partial charge in [0.15, 0.2) is 0 Å². The first-order valence-corrected chi connectivity index (χ1v) is 6.32. The molecule has 3 nitrogen and oxygen atoms in total. The first kappa shape index (κ1) is 11.4. The molecule has 1 atom stereocenters. The van der Waals surface area contributed by atoms with Crippen molar-refractivity contribution in [2.75, 3.05) is 6.61 Å². The number of fused-ring (bicyclic) bond motifs is 1. The van der Waals surface area contributed by atoms with Crippen molar-refractivity contribution in [1.82, 2.24) is 0 Å². The molecule has 1 aliphatic heterocycles. The highest BCUT2D eigenvalue weighted by atomic mass is 16.5. The van der Waals surface area contributed by atoms with Crippen LogP contribution in [0.15, 0.2) is 40.5 Å². The maximum Gasteiger partial charge on any atom is 0.134 e. The Balaban J connectivity index is 1.96. The van der Waals surface area contributed by atoms with Crippen molar-refractivity contribution < 1.29 is 9.15 Å². The van der Waals surface area contributed by atoms with Gasteiger partial charge < -0.3 is 14.9 Å². The second-order valence-electron chi connectivity index (χ2n) is 4.76. The third kappa shape index (κ3) is 2.02. The van der Waals surface area contributed by atoms with Crippen LogP contribution < -0.4 is 5.73 Å². The predicted molar refractivity (Wildman–Crippen MR) is 71.1 cm³/mol. The average molecular weight is 243 g/mol. The molecule has 0 aliphatic carbocycles. The van der Waals surface area contributed by atoms with Crippen LogP contribution in [0.2, 0.25) is 0 Å². The number of allylic oxidation sites excluding steroid dienone is 1. The molecule has 2 heterocycles. The van der Waals surface area contributed by atoms with E-state index in [9.17, 15) is 0 Å². The molecule has 1 aromatic heterocycles. The van der Waals surface area contributed by atoms with E-state index in [1.165, 1.54) is 5.56 Å². The fourth-order valence-corrected chi connectivity index (χ4v) is 2.27. The van der Waals surface area contributed by atoms with E-state index in [1.54, 1.807) is 0 Å².